The molecule has 2 aliphatic heterocycles. The Bertz CT molecular complexity index is 1060. The molecule has 0 unspecified atom stereocenters. The standard InChI is InChI=1S/C23H24Cl2N4/c1-15(2)28-10-9-23(14-26-21-8-7-18(25)11-19(21)23)20-12-27-29(22(20)28)13-16-3-5-17(24)6-4-16/h3-8,11-12,15,26H,9-10,13-14H2,1-2H3/t23-/m1/s1. The first-order valence-electron chi connectivity index (χ1n) is 10.1. The van der Waals surface area contributed by atoms with E-state index in [4.69, 9.17) is 28.3 Å². The normalized spacial score (nSPS) is 20.1. The average Bonchev–Trinajstić information content (AvgIpc) is 3.27. The molecule has 0 amide bonds. The monoisotopic (exact) mass is 426 g/mol. The van der Waals surface area contributed by atoms with Gasteiger partial charge in [-0.05, 0) is 61.7 Å². The molecule has 3 heterocycles. The molecule has 0 bridgehead atoms. The lowest BCUT2D eigenvalue weighted by molar-refractivity contribution is 0.462. The van der Waals surface area contributed by atoms with Crippen molar-refractivity contribution in [1.82, 2.24) is 9.78 Å². The number of nitrogens with one attached hydrogen (secondary N) is 1. The van der Waals surface area contributed by atoms with E-state index in [2.05, 4.69) is 59.2 Å². The van der Waals surface area contributed by atoms with E-state index in [1.54, 1.807) is 0 Å². The number of nitrogens with zero attached hydrogens (tertiary/aromatic N) is 3. The SMILES string of the molecule is CC(C)N1CC[C@]2(CNc3ccc(Cl)cc32)c2cnn(Cc3ccc(Cl)cc3)c21. The van der Waals surface area contributed by atoms with Crippen LogP contribution in [-0.2, 0) is 12.0 Å². The smallest absolute Gasteiger partial charge is 0.131 e. The molecule has 0 saturated heterocycles. The third kappa shape index (κ3) is 3.01. The highest BCUT2D eigenvalue weighted by atomic mass is 35.5. The lowest BCUT2D eigenvalue weighted by Gasteiger charge is -2.42. The summed E-state index contributed by atoms with van der Waals surface area (Å²) in [5, 5.41) is 9.99. The van der Waals surface area contributed by atoms with Crippen molar-refractivity contribution in [2.75, 3.05) is 23.3 Å². The van der Waals surface area contributed by atoms with Crippen LogP contribution in [0.5, 0.6) is 0 Å². The molecule has 1 aromatic heterocycles. The number of anilines is 2. The maximum absolute atomic E-state index is 6.39. The van der Waals surface area contributed by atoms with Crippen LogP contribution in [0.3, 0.4) is 0 Å². The fourth-order valence-corrected chi connectivity index (χ4v) is 5.12. The van der Waals surface area contributed by atoms with E-state index in [0.717, 1.165) is 36.1 Å². The van der Waals surface area contributed by atoms with Gasteiger partial charge in [0.05, 0.1) is 12.7 Å². The Kier molecular flexibility index (Phi) is 4.52. The predicted octanol–water partition coefficient (Wildman–Crippen LogP) is 5.57. The molecule has 2 aliphatic rings. The minimum Gasteiger partial charge on any atom is -0.384 e. The third-order valence-corrected chi connectivity index (χ3v) is 6.81. The summed E-state index contributed by atoms with van der Waals surface area (Å²) in [7, 11) is 0. The lowest BCUT2D eigenvalue weighted by Crippen LogP contribution is -2.45. The number of rotatable bonds is 3. The summed E-state index contributed by atoms with van der Waals surface area (Å²) in [6.07, 6.45) is 3.11. The number of hydrogen-bond acceptors (Lipinski definition) is 3. The van der Waals surface area contributed by atoms with Gasteiger partial charge in [-0.1, -0.05) is 35.3 Å². The zero-order valence-corrected chi connectivity index (χ0v) is 18.1. The molecule has 2 aromatic carbocycles. The molecule has 3 aromatic rings. The van der Waals surface area contributed by atoms with Gasteiger partial charge < -0.3 is 10.2 Å². The van der Waals surface area contributed by atoms with E-state index in [1.165, 1.54) is 28.2 Å². The lowest BCUT2D eigenvalue weighted by atomic mass is 9.72. The van der Waals surface area contributed by atoms with Gasteiger partial charge in [-0.15, -0.1) is 0 Å². The van der Waals surface area contributed by atoms with Crippen LogP contribution in [-0.4, -0.2) is 28.9 Å². The topological polar surface area (TPSA) is 33.1 Å². The Balaban J connectivity index is 1.63. The molecule has 0 aliphatic carbocycles. The zero-order valence-electron chi connectivity index (χ0n) is 16.6. The summed E-state index contributed by atoms with van der Waals surface area (Å²) in [6.45, 7) is 7.10. The van der Waals surface area contributed by atoms with E-state index in [1.807, 2.05) is 18.2 Å². The van der Waals surface area contributed by atoms with E-state index >= 15 is 0 Å². The van der Waals surface area contributed by atoms with E-state index in [0.29, 0.717) is 6.04 Å². The summed E-state index contributed by atoms with van der Waals surface area (Å²) < 4.78 is 2.14. The Morgan fingerprint density at radius 2 is 1.83 bits per heavy atom. The van der Waals surface area contributed by atoms with Gasteiger partial charge >= 0.3 is 0 Å². The number of halogens is 2. The molecule has 0 fully saturated rings. The first-order valence-corrected chi connectivity index (χ1v) is 10.8. The Labute approximate surface area is 181 Å². The van der Waals surface area contributed by atoms with Crippen molar-refractivity contribution in [3.05, 3.63) is 75.4 Å². The van der Waals surface area contributed by atoms with E-state index < -0.39 is 0 Å². The second-order valence-electron chi connectivity index (χ2n) is 8.33. The maximum Gasteiger partial charge on any atom is 0.131 e. The van der Waals surface area contributed by atoms with Crippen LogP contribution in [0.1, 0.15) is 37.0 Å². The Hall–Kier alpha value is -2.17. The molecule has 1 atom stereocenters. The van der Waals surface area contributed by atoms with Gasteiger partial charge in [-0.25, -0.2) is 4.68 Å². The number of aromatic nitrogens is 2. The number of hydrogen-bond donors (Lipinski definition) is 1. The van der Waals surface area contributed by atoms with Gasteiger partial charge in [0.25, 0.3) is 0 Å². The van der Waals surface area contributed by atoms with Crippen LogP contribution in [0.4, 0.5) is 11.5 Å². The molecular weight excluding hydrogens is 403 g/mol. The molecule has 0 saturated carbocycles. The molecule has 1 N–H and O–H groups in total. The minimum atomic E-state index is -0.0841. The van der Waals surface area contributed by atoms with Crippen molar-refractivity contribution in [3.8, 4) is 0 Å². The minimum absolute atomic E-state index is 0.0841. The van der Waals surface area contributed by atoms with Crippen LogP contribution in [0.15, 0.2) is 48.7 Å². The quantitative estimate of drug-likeness (QED) is 0.594. The fraction of sp³-hybridized carbons (Fsp3) is 0.348. The first kappa shape index (κ1) is 18.8. The van der Waals surface area contributed by atoms with Gasteiger partial charge in [0.15, 0.2) is 0 Å². The Morgan fingerprint density at radius 3 is 2.59 bits per heavy atom. The van der Waals surface area contributed by atoms with Gasteiger partial charge in [0.2, 0.25) is 0 Å². The summed E-state index contributed by atoms with van der Waals surface area (Å²) in [4.78, 5) is 2.48. The second-order valence-corrected chi connectivity index (χ2v) is 9.20. The largest absolute Gasteiger partial charge is 0.384 e. The third-order valence-electron chi connectivity index (χ3n) is 6.33. The van der Waals surface area contributed by atoms with Crippen LogP contribution < -0.4 is 10.2 Å². The van der Waals surface area contributed by atoms with Gasteiger partial charge in [-0.2, -0.15) is 5.10 Å². The van der Waals surface area contributed by atoms with Gasteiger partial charge in [0, 0.05) is 45.8 Å². The summed E-state index contributed by atoms with van der Waals surface area (Å²) in [6, 6.07) is 14.6. The second kappa shape index (κ2) is 6.96. The first-order chi connectivity index (χ1) is 14.0. The molecule has 150 valence electrons. The van der Waals surface area contributed by atoms with Crippen molar-refractivity contribution in [2.45, 2.75) is 38.3 Å². The Morgan fingerprint density at radius 1 is 1.07 bits per heavy atom. The summed E-state index contributed by atoms with van der Waals surface area (Å²) in [5.74, 6) is 1.22. The van der Waals surface area contributed by atoms with Crippen molar-refractivity contribution >= 4 is 34.7 Å². The van der Waals surface area contributed by atoms with Gasteiger partial charge in [0.1, 0.15) is 5.82 Å². The number of benzene rings is 2. The van der Waals surface area contributed by atoms with Crippen molar-refractivity contribution < 1.29 is 0 Å². The van der Waals surface area contributed by atoms with Crippen molar-refractivity contribution in [3.63, 3.8) is 0 Å². The molecule has 4 nitrogen and oxygen atoms in total. The summed E-state index contributed by atoms with van der Waals surface area (Å²) >= 11 is 12.5. The highest BCUT2D eigenvalue weighted by molar-refractivity contribution is 6.31. The van der Waals surface area contributed by atoms with Crippen molar-refractivity contribution in [1.29, 1.82) is 0 Å². The summed E-state index contributed by atoms with van der Waals surface area (Å²) in [5.41, 5.74) is 4.88. The highest BCUT2D eigenvalue weighted by Crippen LogP contribution is 2.51. The fourth-order valence-electron chi connectivity index (χ4n) is 4.82. The van der Waals surface area contributed by atoms with Crippen LogP contribution in [0.2, 0.25) is 10.0 Å². The van der Waals surface area contributed by atoms with E-state index in [-0.39, 0.29) is 5.41 Å². The molecule has 0 radical (unpaired) electrons. The molecular formula is C23H24Cl2N4. The van der Waals surface area contributed by atoms with Crippen LogP contribution in [0, 0.1) is 0 Å². The van der Waals surface area contributed by atoms with Gasteiger partial charge in [-0.3, -0.25) is 0 Å². The van der Waals surface area contributed by atoms with Crippen LogP contribution in [0.25, 0.3) is 0 Å². The molecule has 6 heteroatoms. The predicted molar refractivity (Wildman–Crippen MR) is 121 cm³/mol. The van der Waals surface area contributed by atoms with Crippen LogP contribution >= 0.6 is 23.2 Å². The average molecular weight is 427 g/mol. The molecule has 29 heavy (non-hydrogen) atoms. The maximum atomic E-state index is 6.39. The zero-order chi connectivity index (χ0) is 20.2. The molecule has 5 rings (SSSR count). The van der Waals surface area contributed by atoms with Crippen molar-refractivity contribution in [2.24, 2.45) is 0 Å². The molecule has 1 spiro atoms. The highest BCUT2D eigenvalue weighted by Gasteiger charge is 2.47. The van der Waals surface area contributed by atoms with E-state index in [9.17, 15) is 0 Å². The number of fused-ring (bicyclic) bond motifs is 4.